The lowest BCUT2D eigenvalue weighted by Gasteiger charge is -2.12. The second-order valence-corrected chi connectivity index (χ2v) is 4.15. The average Bonchev–Trinajstić information content (AvgIpc) is 2.69. The average molecular weight is 221 g/mol. The number of hydrogen-bond donors (Lipinski definition) is 2. The monoisotopic (exact) mass is 221 g/mol. The van der Waals surface area contributed by atoms with Crippen molar-refractivity contribution in [1.29, 1.82) is 0 Å². The van der Waals surface area contributed by atoms with Crippen LogP contribution >= 0.6 is 0 Å². The van der Waals surface area contributed by atoms with E-state index in [9.17, 15) is 4.79 Å². The van der Waals surface area contributed by atoms with Gasteiger partial charge in [-0.1, -0.05) is 12.8 Å². The third kappa shape index (κ3) is 2.48. The summed E-state index contributed by atoms with van der Waals surface area (Å²) >= 11 is 0. The number of nitrogens with one attached hydrogen (secondary N) is 1. The fourth-order valence-corrected chi connectivity index (χ4v) is 2.00. The molecule has 1 aromatic rings. The van der Waals surface area contributed by atoms with Gasteiger partial charge in [-0.05, 0) is 25.8 Å². The maximum atomic E-state index is 10.8. The fourth-order valence-electron chi connectivity index (χ4n) is 2.00. The highest BCUT2D eigenvalue weighted by Crippen LogP contribution is 2.20. The van der Waals surface area contributed by atoms with Gasteiger partial charge in [0, 0.05) is 11.7 Å². The Morgan fingerprint density at radius 1 is 1.44 bits per heavy atom. The van der Waals surface area contributed by atoms with Crippen molar-refractivity contribution in [2.75, 3.05) is 5.32 Å². The van der Waals surface area contributed by atoms with E-state index in [2.05, 4.69) is 15.3 Å². The molecule has 16 heavy (non-hydrogen) atoms. The van der Waals surface area contributed by atoms with Crippen LogP contribution in [-0.4, -0.2) is 27.1 Å². The maximum Gasteiger partial charge on any atom is 0.354 e. The van der Waals surface area contributed by atoms with Crippen LogP contribution in [0.5, 0.6) is 0 Å². The van der Waals surface area contributed by atoms with Gasteiger partial charge in [-0.15, -0.1) is 0 Å². The van der Waals surface area contributed by atoms with Gasteiger partial charge in [0.15, 0.2) is 5.69 Å². The molecule has 0 atom stereocenters. The highest BCUT2D eigenvalue weighted by molar-refractivity contribution is 5.85. The molecule has 1 fully saturated rings. The van der Waals surface area contributed by atoms with Gasteiger partial charge in [0.2, 0.25) is 5.95 Å². The van der Waals surface area contributed by atoms with Crippen LogP contribution in [0.1, 0.15) is 41.9 Å². The number of aryl methyl sites for hydroxylation is 1. The molecule has 0 saturated heterocycles. The second-order valence-electron chi connectivity index (χ2n) is 4.15. The Bertz CT molecular complexity index is 400. The number of carbonyl (C=O) groups is 1. The van der Waals surface area contributed by atoms with Gasteiger partial charge in [0.1, 0.15) is 0 Å². The Morgan fingerprint density at radius 3 is 2.75 bits per heavy atom. The van der Waals surface area contributed by atoms with Crippen LogP contribution in [-0.2, 0) is 0 Å². The molecule has 0 spiro atoms. The zero-order valence-electron chi connectivity index (χ0n) is 9.23. The summed E-state index contributed by atoms with van der Waals surface area (Å²) in [5, 5.41) is 12.1. The van der Waals surface area contributed by atoms with Crippen LogP contribution in [0.4, 0.5) is 5.95 Å². The molecule has 0 aliphatic heterocycles. The summed E-state index contributed by atoms with van der Waals surface area (Å²) in [6.07, 6.45) is 4.66. The Balaban J connectivity index is 2.16. The maximum absolute atomic E-state index is 10.8. The highest BCUT2D eigenvalue weighted by atomic mass is 16.4. The molecular weight excluding hydrogens is 206 g/mol. The number of rotatable bonds is 3. The predicted octanol–water partition coefficient (Wildman–Crippen LogP) is 1.84. The summed E-state index contributed by atoms with van der Waals surface area (Å²) < 4.78 is 0. The van der Waals surface area contributed by atoms with Crippen molar-refractivity contribution in [3.8, 4) is 0 Å². The van der Waals surface area contributed by atoms with E-state index < -0.39 is 5.97 Å². The van der Waals surface area contributed by atoms with Gasteiger partial charge in [0.05, 0.1) is 0 Å². The quantitative estimate of drug-likeness (QED) is 0.814. The summed E-state index contributed by atoms with van der Waals surface area (Å²) in [6.45, 7) is 1.77. The van der Waals surface area contributed by atoms with E-state index >= 15 is 0 Å². The number of carboxylic acid groups (broad SMARTS) is 1. The number of carboxylic acids is 1. The van der Waals surface area contributed by atoms with E-state index in [1.165, 1.54) is 18.9 Å². The first-order chi connectivity index (χ1) is 7.65. The molecule has 1 aromatic heterocycles. The van der Waals surface area contributed by atoms with E-state index in [1.807, 2.05) is 0 Å². The lowest BCUT2D eigenvalue weighted by Crippen LogP contribution is -2.18. The van der Waals surface area contributed by atoms with Crippen LogP contribution in [0.15, 0.2) is 6.07 Å². The molecule has 1 aliphatic rings. The molecule has 1 saturated carbocycles. The molecule has 2 rings (SSSR count). The number of hydrogen-bond acceptors (Lipinski definition) is 4. The molecule has 0 unspecified atom stereocenters. The Labute approximate surface area is 93.9 Å². The summed E-state index contributed by atoms with van der Waals surface area (Å²) in [5.41, 5.74) is 0.723. The van der Waals surface area contributed by atoms with Gasteiger partial charge in [0.25, 0.3) is 0 Å². The van der Waals surface area contributed by atoms with Crippen LogP contribution in [0.25, 0.3) is 0 Å². The smallest absolute Gasteiger partial charge is 0.354 e. The molecule has 0 radical (unpaired) electrons. The minimum atomic E-state index is -1.01. The summed E-state index contributed by atoms with van der Waals surface area (Å²) in [7, 11) is 0. The summed E-state index contributed by atoms with van der Waals surface area (Å²) in [4.78, 5) is 19.0. The van der Waals surface area contributed by atoms with E-state index in [-0.39, 0.29) is 5.69 Å². The minimum Gasteiger partial charge on any atom is -0.477 e. The SMILES string of the molecule is Cc1cc(C(=O)O)nc(NC2CCCC2)n1. The largest absolute Gasteiger partial charge is 0.477 e. The van der Waals surface area contributed by atoms with Gasteiger partial charge in [-0.2, -0.15) is 0 Å². The minimum absolute atomic E-state index is 0.0491. The molecular formula is C11H15N3O2. The van der Waals surface area contributed by atoms with Gasteiger partial charge >= 0.3 is 5.97 Å². The first kappa shape index (κ1) is 10.9. The zero-order valence-corrected chi connectivity index (χ0v) is 9.23. The van der Waals surface area contributed by atoms with Crippen molar-refractivity contribution in [1.82, 2.24) is 9.97 Å². The summed E-state index contributed by atoms with van der Waals surface area (Å²) in [5.74, 6) is -0.579. The first-order valence-electron chi connectivity index (χ1n) is 5.50. The molecule has 86 valence electrons. The van der Waals surface area contributed by atoms with Crippen molar-refractivity contribution in [3.63, 3.8) is 0 Å². The number of nitrogens with zero attached hydrogens (tertiary/aromatic N) is 2. The molecule has 5 heteroatoms. The number of aromatic carboxylic acids is 1. The Hall–Kier alpha value is -1.65. The van der Waals surface area contributed by atoms with Crippen molar-refractivity contribution < 1.29 is 9.90 Å². The number of aromatic nitrogens is 2. The Kier molecular flexibility index (Phi) is 3.03. The van der Waals surface area contributed by atoms with Crippen LogP contribution in [0.2, 0.25) is 0 Å². The predicted molar refractivity (Wildman–Crippen MR) is 59.6 cm³/mol. The zero-order chi connectivity index (χ0) is 11.5. The highest BCUT2D eigenvalue weighted by Gasteiger charge is 2.16. The second kappa shape index (κ2) is 4.47. The van der Waals surface area contributed by atoms with Crippen molar-refractivity contribution >= 4 is 11.9 Å². The van der Waals surface area contributed by atoms with Crippen molar-refractivity contribution in [2.24, 2.45) is 0 Å². The molecule has 0 aromatic carbocycles. The molecule has 5 nitrogen and oxygen atoms in total. The van der Waals surface area contributed by atoms with Crippen molar-refractivity contribution in [2.45, 2.75) is 38.6 Å². The molecule has 2 N–H and O–H groups in total. The third-order valence-electron chi connectivity index (χ3n) is 2.76. The first-order valence-corrected chi connectivity index (χ1v) is 5.50. The molecule has 0 amide bonds. The normalized spacial score (nSPS) is 16.3. The molecule has 1 heterocycles. The lowest BCUT2D eigenvalue weighted by molar-refractivity contribution is 0.0690. The van der Waals surface area contributed by atoms with E-state index in [0.717, 1.165) is 12.8 Å². The molecule has 1 aliphatic carbocycles. The van der Waals surface area contributed by atoms with Crippen LogP contribution in [0.3, 0.4) is 0 Å². The van der Waals surface area contributed by atoms with Gasteiger partial charge in [-0.3, -0.25) is 0 Å². The number of anilines is 1. The van der Waals surface area contributed by atoms with Crippen molar-refractivity contribution in [3.05, 3.63) is 17.5 Å². The standard InChI is InChI=1S/C11H15N3O2/c1-7-6-9(10(15)16)14-11(12-7)13-8-4-2-3-5-8/h6,8H,2-5H2,1H3,(H,15,16)(H,12,13,14). The van der Waals surface area contributed by atoms with Crippen LogP contribution < -0.4 is 5.32 Å². The lowest BCUT2D eigenvalue weighted by atomic mass is 10.2. The topological polar surface area (TPSA) is 75.1 Å². The summed E-state index contributed by atoms with van der Waals surface area (Å²) in [6, 6.07) is 1.87. The van der Waals surface area contributed by atoms with Crippen LogP contribution in [0, 0.1) is 6.92 Å². The third-order valence-corrected chi connectivity index (χ3v) is 2.76. The fraction of sp³-hybridized carbons (Fsp3) is 0.545. The van der Waals surface area contributed by atoms with Gasteiger partial charge in [-0.25, -0.2) is 14.8 Å². The van der Waals surface area contributed by atoms with E-state index in [0.29, 0.717) is 17.7 Å². The van der Waals surface area contributed by atoms with Gasteiger partial charge < -0.3 is 10.4 Å². The Morgan fingerprint density at radius 2 is 2.12 bits per heavy atom. The molecule has 0 bridgehead atoms. The van der Waals surface area contributed by atoms with E-state index in [4.69, 9.17) is 5.11 Å². The van der Waals surface area contributed by atoms with E-state index in [1.54, 1.807) is 6.92 Å².